The minimum atomic E-state index is -0.499. The fraction of sp³-hybridized carbons (Fsp3) is 0.636. The fourth-order valence-corrected chi connectivity index (χ4v) is 2.97. The highest BCUT2D eigenvalue weighted by Crippen LogP contribution is 2.21. The first-order chi connectivity index (χ1) is 12.3. The van der Waals surface area contributed by atoms with Crippen LogP contribution in [0.2, 0.25) is 0 Å². The van der Waals surface area contributed by atoms with Crippen molar-refractivity contribution in [1.82, 2.24) is 0 Å². The second-order valence-electron chi connectivity index (χ2n) is 9.34. The van der Waals surface area contributed by atoms with Crippen LogP contribution >= 0.6 is 0 Å². The molecule has 0 aromatic heterocycles. The Morgan fingerprint density at radius 2 is 1.19 bits per heavy atom. The molecule has 0 aliphatic heterocycles. The summed E-state index contributed by atoms with van der Waals surface area (Å²) in [6, 6.07) is 8.96. The summed E-state index contributed by atoms with van der Waals surface area (Å²) in [5, 5.41) is 0. The van der Waals surface area contributed by atoms with Crippen molar-refractivity contribution in [1.29, 1.82) is 0 Å². The molecular weight excluding hydrogens is 338 g/mol. The number of para-hydroxylation sites is 1. The number of carbonyl (C=O) groups excluding carboxylic acids is 2. The third kappa shape index (κ3) is 7.43. The minimum Gasteiger partial charge on any atom is -0.371 e. The average molecular weight is 376 g/mol. The van der Waals surface area contributed by atoms with Gasteiger partial charge in [0.05, 0.1) is 12.1 Å². The molecule has 0 radical (unpaired) electrons. The van der Waals surface area contributed by atoms with Gasteiger partial charge >= 0.3 is 0 Å². The molecule has 0 saturated carbocycles. The van der Waals surface area contributed by atoms with E-state index in [1.807, 2.05) is 71.9 Å². The van der Waals surface area contributed by atoms with E-state index in [1.54, 1.807) is 0 Å². The van der Waals surface area contributed by atoms with E-state index in [0.717, 1.165) is 5.69 Å². The molecule has 1 aromatic rings. The zero-order valence-corrected chi connectivity index (χ0v) is 17.8. The third-order valence-electron chi connectivity index (χ3n) is 4.69. The van der Waals surface area contributed by atoms with Gasteiger partial charge in [0, 0.05) is 29.6 Å². The number of hydrogen-bond acceptors (Lipinski definition) is 5. The fourth-order valence-electron chi connectivity index (χ4n) is 2.97. The van der Waals surface area contributed by atoms with Crippen molar-refractivity contribution in [3.8, 4) is 0 Å². The highest BCUT2D eigenvalue weighted by molar-refractivity contribution is 5.89. The maximum absolute atomic E-state index is 12.4. The predicted octanol–water partition coefficient (Wildman–Crippen LogP) is 3.16. The smallest absolute Gasteiger partial charge is 0.154 e. The zero-order chi connectivity index (χ0) is 20.8. The Bertz CT molecular complexity index is 579. The first kappa shape index (κ1) is 23.3. The van der Waals surface area contributed by atoms with Gasteiger partial charge in [0.15, 0.2) is 11.6 Å². The molecule has 4 N–H and O–H groups in total. The molecule has 152 valence electrons. The van der Waals surface area contributed by atoms with Crippen LogP contribution in [0.15, 0.2) is 30.3 Å². The normalized spacial score (nSPS) is 14.5. The Morgan fingerprint density at radius 1 is 0.815 bits per heavy atom. The average Bonchev–Trinajstić information content (AvgIpc) is 2.59. The Hall–Kier alpha value is -1.72. The van der Waals surface area contributed by atoms with Gasteiger partial charge in [-0.25, -0.2) is 0 Å². The van der Waals surface area contributed by atoms with Crippen molar-refractivity contribution < 1.29 is 9.59 Å². The van der Waals surface area contributed by atoms with Crippen LogP contribution < -0.4 is 16.4 Å². The molecule has 1 aromatic carbocycles. The van der Waals surface area contributed by atoms with Crippen LogP contribution in [0, 0.1) is 10.8 Å². The summed E-state index contributed by atoms with van der Waals surface area (Å²) in [6.45, 7) is 12.6. The summed E-state index contributed by atoms with van der Waals surface area (Å²) in [5.41, 5.74) is 12.4. The van der Waals surface area contributed by atoms with E-state index in [9.17, 15) is 9.59 Å². The highest BCUT2D eigenvalue weighted by atomic mass is 16.1. The Labute approximate surface area is 164 Å². The van der Waals surface area contributed by atoms with Gasteiger partial charge < -0.3 is 16.4 Å². The first-order valence-corrected chi connectivity index (χ1v) is 9.74. The Kier molecular flexibility index (Phi) is 8.18. The summed E-state index contributed by atoms with van der Waals surface area (Å²) < 4.78 is 0. The van der Waals surface area contributed by atoms with Crippen LogP contribution in [0.25, 0.3) is 0 Å². The Morgan fingerprint density at radius 3 is 1.52 bits per heavy atom. The molecule has 0 spiro atoms. The van der Waals surface area contributed by atoms with Gasteiger partial charge in [-0.15, -0.1) is 0 Å². The van der Waals surface area contributed by atoms with E-state index in [2.05, 4.69) is 4.90 Å². The lowest BCUT2D eigenvalue weighted by molar-refractivity contribution is -0.128. The summed E-state index contributed by atoms with van der Waals surface area (Å²) in [7, 11) is 0. The molecule has 27 heavy (non-hydrogen) atoms. The van der Waals surface area contributed by atoms with Crippen LogP contribution in [-0.4, -0.2) is 36.7 Å². The molecule has 0 fully saturated rings. The van der Waals surface area contributed by atoms with E-state index in [0.29, 0.717) is 25.9 Å². The van der Waals surface area contributed by atoms with Gasteiger partial charge in [0.25, 0.3) is 0 Å². The van der Waals surface area contributed by atoms with Gasteiger partial charge in [-0.05, 0) is 25.0 Å². The second-order valence-corrected chi connectivity index (χ2v) is 9.34. The molecule has 0 bridgehead atoms. The van der Waals surface area contributed by atoms with E-state index in [1.165, 1.54) is 0 Å². The number of rotatable bonds is 9. The summed E-state index contributed by atoms with van der Waals surface area (Å²) >= 11 is 0. The van der Waals surface area contributed by atoms with Crippen LogP contribution in [0.1, 0.15) is 54.4 Å². The quantitative estimate of drug-likeness (QED) is 0.692. The van der Waals surface area contributed by atoms with E-state index < -0.39 is 22.9 Å². The van der Waals surface area contributed by atoms with Crippen LogP contribution in [0.3, 0.4) is 0 Å². The van der Waals surface area contributed by atoms with Gasteiger partial charge in [0.2, 0.25) is 0 Å². The van der Waals surface area contributed by atoms with Crippen molar-refractivity contribution in [2.24, 2.45) is 22.3 Å². The SMILES string of the molecule is CC(C)(C)C(=O)C(N)CCN(CCC(N)C(=O)C(C)(C)C)c1ccccc1. The van der Waals surface area contributed by atoms with Crippen LogP contribution in [0.4, 0.5) is 5.69 Å². The molecule has 1 rings (SSSR count). The van der Waals surface area contributed by atoms with Crippen LogP contribution in [-0.2, 0) is 9.59 Å². The number of Topliss-reactive ketones (excluding diaryl/α,β-unsaturated/α-hetero) is 2. The van der Waals surface area contributed by atoms with Crippen molar-refractivity contribution in [3.63, 3.8) is 0 Å². The van der Waals surface area contributed by atoms with E-state index >= 15 is 0 Å². The molecule has 5 heteroatoms. The summed E-state index contributed by atoms with van der Waals surface area (Å²) in [5.74, 6) is 0.130. The molecule has 0 amide bonds. The largest absolute Gasteiger partial charge is 0.371 e. The molecule has 2 unspecified atom stereocenters. The van der Waals surface area contributed by atoms with Crippen LogP contribution in [0.5, 0.6) is 0 Å². The number of nitrogens with zero attached hydrogens (tertiary/aromatic N) is 1. The van der Waals surface area contributed by atoms with Gasteiger partial charge in [-0.3, -0.25) is 9.59 Å². The molecule has 0 heterocycles. The molecule has 2 atom stereocenters. The number of nitrogens with two attached hydrogens (primary N) is 2. The maximum Gasteiger partial charge on any atom is 0.154 e. The highest BCUT2D eigenvalue weighted by Gasteiger charge is 2.29. The van der Waals surface area contributed by atoms with Crippen molar-refractivity contribution in [2.45, 2.75) is 66.5 Å². The lowest BCUT2D eigenvalue weighted by Crippen LogP contribution is -2.43. The topological polar surface area (TPSA) is 89.4 Å². The van der Waals surface area contributed by atoms with Gasteiger partial charge in [-0.2, -0.15) is 0 Å². The van der Waals surface area contributed by atoms with E-state index in [4.69, 9.17) is 11.5 Å². The molecule has 0 aliphatic rings. The lowest BCUT2D eigenvalue weighted by Gasteiger charge is -2.29. The lowest BCUT2D eigenvalue weighted by atomic mass is 9.85. The first-order valence-electron chi connectivity index (χ1n) is 9.74. The number of ketones is 2. The number of anilines is 1. The standard InChI is InChI=1S/C22H37N3O2/c1-21(2,3)19(26)17(23)12-14-25(16-10-8-7-9-11-16)15-13-18(24)20(27)22(4,5)6/h7-11,17-18H,12-15,23-24H2,1-6H3. The monoisotopic (exact) mass is 375 g/mol. The minimum absolute atomic E-state index is 0.0649. The Balaban J connectivity index is 2.78. The van der Waals surface area contributed by atoms with Crippen molar-refractivity contribution >= 4 is 17.3 Å². The molecule has 5 nitrogen and oxygen atoms in total. The zero-order valence-electron chi connectivity index (χ0n) is 17.8. The van der Waals surface area contributed by atoms with Gasteiger partial charge in [-0.1, -0.05) is 59.7 Å². The van der Waals surface area contributed by atoms with Crippen molar-refractivity contribution in [3.05, 3.63) is 30.3 Å². The number of carbonyl (C=O) groups is 2. The van der Waals surface area contributed by atoms with Crippen molar-refractivity contribution in [2.75, 3.05) is 18.0 Å². The number of benzene rings is 1. The molecule has 0 saturated heterocycles. The molecule has 0 aliphatic carbocycles. The second kappa shape index (κ2) is 9.47. The maximum atomic E-state index is 12.4. The predicted molar refractivity (Wildman–Crippen MR) is 113 cm³/mol. The molecular formula is C22H37N3O2. The third-order valence-corrected chi connectivity index (χ3v) is 4.69. The summed E-state index contributed by atoms with van der Waals surface area (Å²) in [6.07, 6.45) is 1.13. The van der Waals surface area contributed by atoms with E-state index in [-0.39, 0.29) is 11.6 Å². The summed E-state index contributed by atoms with van der Waals surface area (Å²) in [4.78, 5) is 26.9. The number of hydrogen-bond donors (Lipinski definition) is 2. The van der Waals surface area contributed by atoms with Gasteiger partial charge in [0.1, 0.15) is 0 Å².